The molecule has 0 unspecified atom stereocenters. The molecule has 2 aromatic carbocycles. The molecule has 2 heterocycles. The molecule has 0 atom stereocenters. The van der Waals surface area contributed by atoms with E-state index in [2.05, 4.69) is 22.0 Å². The molecule has 1 fully saturated rings. The lowest BCUT2D eigenvalue weighted by atomic mass is 10.00. The van der Waals surface area contributed by atoms with Crippen LogP contribution in [0.4, 0.5) is 4.79 Å². The van der Waals surface area contributed by atoms with Crippen molar-refractivity contribution < 1.29 is 19.5 Å². The van der Waals surface area contributed by atoms with Crippen LogP contribution in [-0.4, -0.2) is 45.0 Å². The average molecular weight is 599 g/mol. The van der Waals surface area contributed by atoms with E-state index >= 15 is 0 Å². The number of aromatic hydroxyl groups is 1. The van der Waals surface area contributed by atoms with E-state index in [4.69, 9.17) is 0 Å². The van der Waals surface area contributed by atoms with Gasteiger partial charge in [0.1, 0.15) is 12.3 Å². The number of fused-ring (bicyclic) bond motifs is 1. The van der Waals surface area contributed by atoms with Crippen molar-refractivity contribution >= 4 is 73.4 Å². The minimum Gasteiger partial charge on any atom is -0.506 e. The Morgan fingerprint density at radius 2 is 1.97 bits per heavy atom. The molecule has 3 amide bonds. The van der Waals surface area contributed by atoms with Crippen LogP contribution >= 0.6 is 50.3 Å². The summed E-state index contributed by atoms with van der Waals surface area (Å²) in [5, 5.41) is 9.76. The van der Waals surface area contributed by atoms with E-state index in [1.807, 2.05) is 40.8 Å². The van der Waals surface area contributed by atoms with Crippen LogP contribution in [0.15, 0.2) is 45.8 Å². The van der Waals surface area contributed by atoms with Crippen LogP contribution < -0.4 is 0 Å². The van der Waals surface area contributed by atoms with Gasteiger partial charge in [-0.2, -0.15) is 0 Å². The molecule has 0 aromatic heterocycles. The number of rotatable bonds is 3. The van der Waals surface area contributed by atoms with Crippen LogP contribution in [0, 0.1) is 3.57 Å². The molecule has 0 spiro atoms. The van der Waals surface area contributed by atoms with Crippen LogP contribution in [0.3, 0.4) is 0 Å². The van der Waals surface area contributed by atoms with Crippen LogP contribution in [-0.2, 0) is 22.6 Å². The van der Waals surface area contributed by atoms with Crippen molar-refractivity contribution in [2.24, 2.45) is 0 Å². The molecule has 4 rings (SSSR count). The van der Waals surface area contributed by atoms with E-state index in [1.54, 1.807) is 17.0 Å². The minimum atomic E-state index is -0.523. The Morgan fingerprint density at radius 1 is 1.23 bits per heavy atom. The average Bonchev–Trinajstić information content (AvgIpc) is 2.98. The van der Waals surface area contributed by atoms with E-state index in [-0.39, 0.29) is 23.1 Å². The molecule has 1 N–H and O–H groups in total. The monoisotopic (exact) mass is 598 g/mol. The maximum absolute atomic E-state index is 12.8. The Kier molecular flexibility index (Phi) is 6.21. The van der Waals surface area contributed by atoms with E-state index in [0.29, 0.717) is 22.2 Å². The molecule has 0 saturated carbocycles. The second-order valence-electron chi connectivity index (χ2n) is 6.93. The number of benzene rings is 2. The minimum absolute atomic E-state index is 0.0358. The van der Waals surface area contributed by atoms with Gasteiger partial charge in [0.25, 0.3) is 11.1 Å². The lowest BCUT2D eigenvalue weighted by Crippen LogP contribution is -2.44. The summed E-state index contributed by atoms with van der Waals surface area (Å²) < 4.78 is 1.36. The van der Waals surface area contributed by atoms with Gasteiger partial charge in [0.05, 0.1) is 8.48 Å². The third-order valence-electron chi connectivity index (χ3n) is 4.99. The Balaban J connectivity index is 1.49. The maximum atomic E-state index is 12.8. The van der Waals surface area contributed by atoms with Gasteiger partial charge in [0.15, 0.2) is 0 Å². The number of amides is 3. The van der Waals surface area contributed by atoms with Crippen LogP contribution in [0.1, 0.15) is 16.7 Å². The number of thioether (sulfide) groups is 1. The summed E-state index contributed by atoms with van der Waals surface area (Å²) in [4.78, 5) is 40.8. The summed E-state index contributed by atoms with van der Waals surface area (Å²) in [6.45, 7) is 0.754. The van der Waals surface area contributed by atoms with E-state index in [9.17, 15) is 19.5 Å². The van der Waals surface area contributed by atoms with Gasteiger partial charge < -0.3 is 10.0 Å². The predicted molar refractivity (Wildman–Crippen MR) is 127 cm³/mol. The molecule has 0 bridgehead atoms. The number of imide groups is 1. The molecular formula is C21H16BrIN2O4S. The zero-order chi connectivity index (χ0) is 21.4. The topological polar surface area (TPSA) is 77.9 Å². The van der Waals surface area contributed by atoms with Crippen molar-refractivity contribution in [3.05, 3.63) is 66.0 Å². The van der Waals surface area contributed by atoms with Crippen molar-refractivity contribution in [3.63, 3.8) is 0 Å². The number of carbonyl (C=O) groups excluding carboxylic acids is 3. The molecular weight excluding hydrogens is 583 g/mol. The molecule has 6 nitrogen and oxygen atoms in total. The van der Waals surface area contributed by atoms with Crippen molar-refractivity contribution in [1.82, 2.24) is 9.80 Å². The summed E-state index contributed by atoms with van der Waals surface area (Å²) in [6, 6.07) is 11.4. The molecule has 154 valence electrons. The summed E-state index contributed by atoms with van der Waals surface area (Å²) in [7, 11) is 0. The van der Waals surface area contributed by atoms with Gasteiger partial charge in [-0.15, -0.1) is 0 Å². The first kappa shape index (κ1) is 21.4. The highest BCUT2D eigenvalue weighted by Gasteiger charge is 2.37. The number of phenolic OH excluding ortho intramolecular Hbond substituents is 1. The second-order valence-corrected chi connectivity index (χ2v) is 10.00. The summed E-state index contributed by atoms with van der Waals surface area (Å²) in [5.41, 5.74) is 2.74. The molecule has 0 radical (unpaired) electrons. The Bertz CT molecular complexity index is 1100. The first-order valence-electron chi connectivity index (χ1n) is 9.11. The van der Waals surface area contributed by atoms with Gasteiger partial charge >= 0.3 is 0 Å². The lowest BCUT2D eigenvalue weighted by Gasteiger charge is -2.29. The lowest BCUT2D eigenvalue weighted by molar-refractivity contribution is -0.136. The quantitative estimate of drug-likeness (QED) is 0.419. The molecule has 2 aliphatic heterocycles. The van der Waals surface area contributed by atoms with E-state index in [1.165, 1.54) is 11.6 Å². The first-order chi connectivity index (χ1) is 14.3. The van der Waals surface area contributed by atoms with Crippen LogP contribution in [0.2, 0.25) is 0 Å². The van der Waals surface area contributed by atoms with Gasteiger partial charge in [0.2, 0.25) is 5.91 Å². The number of nitrogens with zero attached hydrogens (tertiary/aromatic N) is 2. The molecule has 2 aliphatic rings. The van der Waals surface area contributed by atoms with Crippen molar-refractivity contribution in [2.75, 3.05) is 13.1 Å². The Labute approximate surface area is 199 Å². The fraction of sp³-hybridized carbons (Fsp3) is 0.190. The van der Waals surface area contributed by atoms with Gasteiger partial charge in [-0.25, -0.2) is 0 Å². The predicted octanol–water partition coefficient (Wildman–Crippen LogP) is 4.38. The molecule has 0 aliphatic carbocycles. The third-order valence-corrected chi connectivity index (χ3v) is 7.18. The van der Waals surface area contributed by atoms with Crippen molar-refractivity contribution in [2.45, 2.75) is 13.0 Å². The standard InChI is InChI=1S/C21H16BrIN2O4S/c22-15-7-14(19(27)16(23)9-15)8-17-20(28)25(21(29)30-17)11-18(26)24-6-5-12-3-1-2-4-13(12)10-24/h1-4,7-9,27H,5-6,10-11H2/b17-8+. The zero-order valence-corrected chi connectivity index (χ0v) is 20.2. The Morgan fingerprint density at radius 3 is 2.73 bits per heavy atom. The second kappa shape index (κ2) is 8.72. The number of phenols is 1. The number of hydrogen-bond acceptors (Lipinski definition) is 5. The molecule has 2 aromatic rings. The largest absolute Gasteiger partial charge is 0.506 e. The smallest absolute Gasteiger partial charge is 0.294 e. The van der Waals surface area contributed by atoms with Gasteiger partial charge in [-0.3, -0.25) is 19.3 Å². The fourth-order valence-corrected chi connectivity index (χ4v) is 5.80. The van der Waals surface area contributed by atoms with Crippen LogP contribution in [0.5, 0.6) is 5.75 Å². The fourth-order valence-electron chi connectivity index (χ4n) is 3.42. The summed E-state index contributed by atoms with van der Waals surface area (Å²) in [5.74, 6) is -0.744. The highest BCUT2D eigenvalue weighted by molar-refractivity contribution is 14.1. The number of carbonyl (C=O) groups is 3. The summed E-state index contributed by atoms with van der Waals surface area (Å²) >= 11 is 6.12. The molecule has 1 saturated heterocycles. The van der Waals surface area contributed by atoms with E-state index in [0.717, 1.165) is 33.1 Å². The van der Waals surface area contributed by atoms with Crippen LogP contribution in [0.25, 0.3) is 6.08 Å². The van der Waals surface area contributed by atoms with Gasteiger partial charge in [-0.05, 0) is 70.1 Å². The van der Waals surface area contributed by atoms with E-state index < -0.39 is 11.1 Å². The normalized spacial score (nSPS) is 17.6. The van der Waals surface area contributed by atoms with Gasteiger partial charge in [0, 0.05) is 23.1 Å². The zero-order valence-electron chi connectivity index (χ0n) is 15.6. The van der Waals surface area contributed by atoms with Crippen molar-refractivity contribution in [3.8, 4) is 5.75 Å². The van der Waals surface area contributed by atoms with Gasteiger partial charge in [-0.1, -0.05) is 40.2 Å². The maximum Gasteiger partial charge on any atom is 0.294 e. The Hall–Kier alpha value is -1.85. The summed E-state index contributed by atoms with van der Waals surface area (Å²) in [6.07, 6.45) is 2.24. The highest BCUT2D eigenvalue weighted by Crippen LogP contribution is 2.36. The molecule has 9 heteroatoms. The molecule has 30 heavy (non-hydrogen) atoms. The SMILES string of the molecule is O=C(CN1C(=O)S/C(=C/c2cc(Br)cc(I)c2O)C1=O)N1CCc2ccccc2C1. The number of halogens is 2. The number of hydrogen-bond donors (Lipinski definition) is 1. The highest BCUT2D eigenvalue weighted by atomic mass is 127. The first-order valence-corrected chi connectivity index (χ1v) is 11.8. The van der Waals surface area contributed by atoms with Crippen molar-refractivity contribution in [1.29, 1.82) is 0 Å². The third kappa shape index (κ3) is 4.28.